The van der Waals surface area contributed by atoms with Crippen molar-refractivity contribution >= 4 is 5.95 Å². The number of hydrogen-bond acceptors (Lipinski definition) is 3. The normalized spacial score (nSPS) is 16.1. The predicted octanol–water partition coefficient (Wildman–Crippen LogP) is 3.69. The number of nitrogens with one attached hydrogen (secondary N) is 1. The summed E-state index contributed by atoms with van der Waals surface area (Å²) in [6, 6.07) is 2.67. The highest BCUT2D eigenvalue weighted by Crippen LogP contribution is 2.22. The van der Waals surface area contributed by atoms with Gasteiger partial charge in [-0.1, -0.05) is 19.3 Å². The minimum absolute atomic E-state index is 0.581. The molecule has 1 saturated carbocycles. The molecule has 1 aliphatic carbocycles. The molecule has 4 nitrogen and oxygen atoms in total. The number of aryl methyl sites for hydroxylation is 2. The maximum absolute atomic E-state index is 4.67. The number of hydrogen-bond donors (Lipinski definition) is 1. The van der Waals surface area contributed by atoms with E-state index in [0.717, 1.165) is 18.2 Å². The van der Waals surface area contributed by atoms with Gasteiger partial charge in [0.15, 0.2) is 0 Å². The van der Waals surface area contributed by atoms with Gasteiger partial charge in [0, 0.05) is 24.6 Å². The number of nitrogens with zero attached hydrogens (tertiary/aromatic N) is 3. The molecular weight excluding hydrogens is 260 g/mol. The summed E-state index contributed by atoms with van der Waals surface area (Å²) in [6.45, 7) is 5.02. The summed E-state index contributed by atoms with van der Waals surface area (Å²) in [5, 5.41) is 3.65. The molecule has 4 heteroatoms. The van der Waals surface area contributed by atoms with Crippen molar-refractivity contribution in [1.82, 2.24) is 14.5 Å². The van der Waals surface area contributed by atoms with Crippen molar-refractivity contribution in [3.8, 4) is 0 Å². The minimum atomic E-state index is 0.581. The predicted molar refractivity (Wildman–Crippen MR) is 85.5 cm³/mol. The summed E-state index contributed by atoms with van der Waals surface area (Å²) in [7, 11) is 0. The van der Waals surface area contributed by atoms with Crippen LogP contribution in [-0.4, -0.2) is 20.6 Å². The largest absolute Gasteiger partial charge is 0.353 e. The van der Waals surface area contributed by atoms with Crippen LogP contribution in [0.3, 0.4) is 0 Å². The molecule has 21 heavy (non-hydrogen) atoms. The average Bonchev–Trinajstić information content (AvgIpc) is 2.82. The van der Waals surface area contributed by atoms with Gasteiger partial charge in [-0.05, 0) is 43.9 Å². The minimum Gasteiger partial charge on any atom is -0.353 e. The van der Waals surface area contributed by atoms with E-state index in [9.17, 15) is 0 Å². The van der Waals surface area contributed by atoms with Crippen molar-refractivity contribution in [2.24, 2.45) is 0 Å². The topological polar surface area (TPSA) is 42.7 Å². The molecule has 0 radical (unpaired) electrons. The summed E-state index contributed by atoms with van der Waals surface area (Å²) in [6.07, 6.45) is 12.5. The van der Waals surface area contributed by atoms with E-state index >= 15 is 0 Å². The molecule has 3 rings (SSSR count). The summed E-state index contributed by atoms with van der Waals surface area (Å²) < 4.78 is 2.23. The second-order valence-corrected chi connectivity index (χ2v) is 6.12. The van der Waals surface area contributed by atoms with E-state index in [0.29, 0.717) is 6.04 Å². The molecule has 0 aliphatic heterocycles. The zero-order valence-electron chi connectivity index (χ0n) is 13.0. The number of aromatic nitrogens is 3. The lowest BCUT2D eigenvalue weighted by Crippen LogP contribution is -2.24. The van der Waals surface area contributed by atoms with E-state index in [2.05, 4.69) is 46.0 Å². The smallest absolute Gasteiger partial charge is 0.203 e. The molecule has 0 saturated heterocycles. The Morgan fingerprint density at radius 1 is 1.24 bits per heavy atom. The van der Waals surface area contributed by atoms with Crippen LogP contribution in [0.1, 0.15) is 48.9 Å². The Morgan fingerprint density at radius 2 is 2.05 bits per heavy atom. The maximum Gasteiger partial charge on any atom is 0.203 e. The van der Waals surface area contributed by atoms with E-state index in [1.165, 1.54) is 43.2 Å². The van der Waals surface area contributed by atoms with Crippen LogP contribution in [0.4, 0.5) is 5.95 Å². The Balaban J connectivity index is 1.77. The molecule has 1 fully saturated rings. The second kappa shape index (κ2) is 6.29. The monoisotopic (exact) mass is 284 g/mol. The fourth-order valence-corrected chi connectivity index (χ4v) is 3.08. The van der Waals surface area contributed by atoms with Crippen LogP contribution in [0, 0.1) is 13.8 Å². The van der Waals surface area contributed by atoms with Crippen molar-refractivity contribution in [3.63, 3.8) is 0 Å². The summed E-state index contributed by atoms with van der Waals surface area (Å²) in [5.41, 5.74) is 3.60. The lowest BCUT2D eigenvalue weighted by molar-refractivity contribution is 0.459. The molecule has 0 unspecified atom stereocenters. The first-order valence-corrected chi connectivity index (χ1v) is 7.92. The lowest BCUT2D eigenvalue weighted by Gasteiger charge is -2.23. The number of rotatable bonds is 4. The molecule has 2 aromatic heterocycles. The summed E-state index contributed by atoms with van der Waals surface area (Å²) in [4.78, 5) is 8.83. The quantitative estimate of drug-likeness (QED) is 0.931. The highest BCUT2D eigenvalue weighted by molar-refractivity contribution is 5.33. The molecule has 0 aromatic carbocycles. The lowest BCUT2D eigenvalue weighted by atomic mass is 9.96. The van der Waals surface area contributed by atoms with Crippen LogP contribution in [0.2, 0.25) is 0 Å². The van der Waals surface area contributed by atoms with Crippen molar-refractivity contribution in [2.45, 2.75) is 58.5 Å². The van der Waals surface area contributed by atoms with Crippen LogP contribution >= 0.6 is 0 Å². The van der Waals surface area contributed by atoms with Gasteiger partial charge in [0.05, 0.1) is 12.2 Å². The fraction of sp³-hybridized carbons (Fsp3) is 0.529. The molecule has 0 amide bonds. The van der Waals surface area contributed by atoms with Gasteiger partial charge >= 0.3 is 0 Å². The van der Waals surface area contributed by atoms with Gasteiger partial charge in [0.25, 0.3) is 0 Å². The van der Waals surface area contributed by atoms with Gasteiger partial charge < -0.3 is 9.88 Å². The van der Waals surface area contributed by atoms with Crippen molar-refractivity contribution in [2.75, 3.05) is 5.32 Å². The van der Waals surface area contributed by atoms with Crippen LogP contribution in [0.5, 0.6) is 0 Å². The maximum atomic E-state index is 4.67. The first kappa shape index (κ1) is 14.1. The van der Waals surface area contributed by atoms with Gasteiger partial charge in [0.1, 0.15) is 0 Å². The fourth-order valence-electron chi connectivity index (χ4n) is 3.08. The molecular formula is C17H24N4. The van der Waals surface area contributed by atoms with Crippen LogP contribution < -0.4 is 5.32 Å². The van der Waals surface area contributed by atoms with Gasteiger partial charge in [-0.2, -0.15) is 0 Å². The Kier molecular flexibility index (Phi) is 4.23. The zero-order chi connectivity index (χ0) is 14.7. The van der Waals surface area contributed by atoms with Gasteiger partial charge in [-0.3, -0.25) is 4.98 Å². The third kappa shape index (κ3) is 3.43. The van der Waals surface area contributed by atoms with Crippen molar-refractivity contribution in [3.05, 3.63) is 41.5 Å². The van der Waals surface area contributed by atoms with E-state index < -0.39 is 0 Å². The summed E-state index contributed by atoms with van der Waals surface area (Å²) in [5.74, 6) is 1.01. The second-order valence-electron chi connectivity index (χ2n) is 6.12. The number of anilines is 1. The van der Waals surface area contributed by atoms with E-state index in [-0.39, 0.29) is 0 Å². The Hall–Kier alpha value is -1.84. The van der Waals surface area contributed by atoms with Crippen LogP contribution in [0.15, 0.2) is 24.7 Å². The van der Waals surface area contributed by atoms with Crippen molar-refractivity contribution in [1.29, 1.82) is 0 Å². The van der Waals surface area contributed by atoms with E-state index in [4.69, 9.17) is 0 Å². The molecule has 112 valence electrons. The molecule has 1 N–H and O–H groups in total. The average molecular weight is 284 g/mol. The Morgan fingerprint density at radius 3 is 2.81 bits per heavy atom. The van der Waals surface area contributed by atoms with E-state index in [1.54, 1.807) is 0 Å². The molecule has 0 bridgehead atoms. The Labute approximate surface area is 126 Å². The highest BCUT2D eigenvalue weighted by Gasteiger charge is 2.16. The SMILES string of the molecule is Cc1cn(Cc2ccncc2C)c(NC2CCCCC2)n1. The van der Waals surface area contributed by atoms with Crippen LogP contribution in [0.25, 0.3) is 0 Å². The highest BCUT2D eigenvalue weighted by atomic mass is 15.2. The summed E-state index contributed by atoms with van der Waals surface area (Å²) >= 11 is 0. The Bertz CT molecular complexity index is 597. The van der Waals surface area contributed by atoms with Gasteiger partial charge in [0.2, 0.25) is 5.95 Å². The van der Waals surface area contributed by atoms with E-state index in [1.807, 2.05) is 12.4 Å². The first-order chi connectivity index (χ1) is 10.2. The van der Waals surface area contributed by atoms with Gasteiger partial charge in [-0.15, -0.1) is 0 Å². The first-order valence-electron chi connectivity index (χ1n) is 7.92. The third-order valence-corrected chi connectivity index (χ3v) is 4.31. The standard InChI is InChI=1S/C17H24N4/c1-13-10-18-9-8-15(13)12-21-11-14(2)19-17(21)20-16-6-4-3-5-7-16/h8-11,16H,3-7,12H2,1-2H3,(H,19,20). The molecule has 2 heterocycles. The zero-order valence-corrected chi connectivity index (χ0v) is 13.0. The molecule has 0 spiro atoms. The third-order valence-electron chi connectivity index (χ3n) is 4.31. The van der Waals surface area contributed by atoms with Gasteiger partial charge in [-0.25, -0.2) is 4.98 Å². The molecule has 1 aliphatic rings. The van der Waals surface area contributed by atoms with Crippen LogP contribution in [-0.2, 0) is 6.54 Å². The molecule has 0 atom stereocenters. The molecule has 2 aromatic rings. The number of imidazole rings is 1. The van der Waals surface area contributed by atoms with Crippen molar-refractivity contribution < 1.29 is 0 Å². The number of pyridine rings is 1.